The van der Waals surface area contributed by atoms with Crippen molar-refractivity contribution in [3.05, 3.63) is 41.5 Å². The maximum Gasteiger partial charge on any atom is 0.208 e. The van der Waals surface area contributed by atoms with Crippen molar-refractivity contribution < 1.29 is 13.2 Å². The highest BCUT2D eigenvalue weighted by atomic mass is 19.2. The fraction of sp³-hybridized carbons (Fsp3) is 0.308. The lowest BCUT2D eigenvalue weighted by molar-refractivity contribution is 0.490. The summed E-state index contributed by atoms with van der Waals surface area (Å²) in [4.78, 5) is 4.17. The van der Waals surface area contributed by atoms with Crippen molar-refractivity contribution in [2.75, 3.05) is 5.32 Å². The van der Waals surface area contributed by atoms with E-state index in [2.05, 4.69) is 10.3 Å². The largest absolute Gasteiger partial charge is 0.353 e. The van der Waals surface area contributed by atoms with Crippen LogP contribution in [-0.2, 0) is 0 Å². The van der Waals surface area contributed by atoms with Crippen LogP contribution in [0.15, 0.2) is 18.3 Å². The van der Waals surface area contributed by atoms with Gasteiger partial charge in [-0.3, -0.25) is 4.57 Å². The van der Waals surface area contributed by atoms with Crippen molar-refractivity contribution in [2.45, 2.75) is 26.8 Å². The highest BCUT2D eigenvalue weighted by Gasteiger charge is 2.16. The number of aromatic nitrogens is 2. The molecule has 0 aliphatic carbocycles. The topological polar surface area (TPSA) is 29.9 Å². The molecular formula is C13H14F3N3. The van der Waals surface area contributed by atoms with Crippen LogP contribution in [-0.4, -0.2) is 15.6 Å². The number of hydrogen-bond donors (Lipinski definition) is 1. The van der Waals surface area contributed by atoms with E-state index in [9.17, 15) is 13.2 Å². The number of anilines is 1. The van der Waals surface area contributed by atoms with Gasteiger partial charge in [-0.05, 0) is 20.8 Å². The van der Waals surface area contributed by atoms with Crippen LogP contribution in [0.2, 0.25) is 0 Å². The number of imidazole rings is 1. The van der Waals surface area contributed by atoms with Gasteiger partial charge in [0.15, 0.2) is 11.6 Å². The Morgan fingerprint density at radius 3 is 2.53 bits per heavy atom. The average Bonchev–Trinajstić information content (AvgIpc) is 2.63. The zero-order valence-electron chi connectivity index (χ0n) is 10.8. The molecule has 0 saturated heterocycles. The Hall–Kier alpha value is -1.98. The fourth-order valence-corrected chi connectivity index (χ4v) is 1.76. The Bertz CT molecular complexity index is 605. The Morgan fingerprint density at radius 1 is 1.21 bits per heavy atom. The molecule has 1 aromatic carbocycles. The SMILES string of the molecule is Cc1cn(-c2cc(F)cc(F)c2F)c(NC(C)C)n1. The summed E-state index contributed by atoms with van der Waals surface area (Å²) in [6.07, 6.45) is 1.52. The van der Waals surface area contributed by atoms with E-state index in [1.165, 1.54) is 10.8 Å². The summed E-state index contributed by atoms with van der Waals surface area (Å²) >= 11 is 0. The van der Waals surface area contributed by atoms with Crippen molar-refractivity contribution >= 4 is 5.95 Å². The van der Waals surface area contributed by atoms with Gasteiger partial charge in [-0.25, -0.2) is 18.2 Å². The van der Waals surface area contributed by atoms with Crippen LogP contribution in [0.5, 0.6) is 0 Å². The van der Waals surface area contributed by atoms with Crippen LogP contribution in [0, 0.1) is 24.4 Å². The number of halogens is 3. The second-order valence-electron chi connectivity index (χ2n) is 4.60. The van der Waals surface area contributed by atoms with E-state index < -0.39 is 17.5 Å². The lowest BCUT2D eigenvalue weighted by Gasteiger charge is -2.13. The molecule has 0 aliphatic heterocycles. The number of hydrogen-bond acceptors (Lipinski definition) is 2. The second-order valence-corrected chi connectivity index (χ2v) is 4.60. The van der Waals surface area contributed by atoms with Crippen molar-refractivity contribution in [3.8, 4) is 5.69 Å². The molecule has 0 radical (unpaired) electrons. The zero-order valence-corrected chi connectivity index (χ0v) is 10.8. The third-order valence-corrected chi connectivity index (χ3v) is 2.48. The highest BCUT2D eigenvalue weighted by Crippen LogP contribution is 2.23. The van der Waals surface area contributed by atoms with E-state index in [4.69, 9.17) is 0 Å². The van der Waals surface area contributed by atoms with E-state index in [1.54, 1.807) is 6.92 Å². The highest BCUT2D eigenvalue weighted by molar-refractivity contribution is 5.45. The van der Waals surface area contributed by atoms with Crippen LogP contribution < -0.4 is 5.32 Å². The molecule has 1 aromatic heterocycles. The third kappa shape index (κ3) is 2.72. The summed E-state index contributed by atoms with van der Waals surface area (Å²) < 4.78 is 41.6. The van der Waals surface area contributed by atoms with Gasteiger partial charge < -0.3 is 5.32 Å². The summed E-state index contributed by atoms with van der Waals surface area (Å²) in [6, 6.07) is 1.51. The molecule has 2 rings (SSSR count). The maximum atomic E-state index is 13.8. The van der Waals surface area contributed by atoms with Gasteiger partial charge in [-0.15, -0.1) is 0 Å². The lowest BCUT2D eigenvalue weighted by atomic mass is 10.2. The second kappa shape index (κ2) is 4.95. The fourth-order valence-electron chi connectivity index (χ4n) is 1.76. The van der Waals surface area contributed by atoms with Crippen molar-refractivity contribution in [3.63, 3.8) is 0 Å². The minimum atomic E-state index is -1.23. The Balaban J connectivity index is 2.58. The van der Waals surface area contributed by atoms with Crippen LogP contribution >= 0.6 is 0 Å². The number of benzene rings is 1. The Kier molecular flexibility index (Phi) is 3.50. The quantitative estimate of drug-likeness (QED) is 0.865. The van der Waals surface area contributed by atoms with Crippen molar-refractivity contribution in [2.24, 2.45) is 0 Å². The number of rotatable bonds is 3. The monoisotopic (exact) mass is 269 g/mol. The van der Waals surface area contributed by atoms with Crippen LogP contribution in [0.25, 0.3) is 5.69 Å². The first-order valence-corrected chi connectivity index (χ1v) is 5.86. The molecule has 2 aromatic rings. The molecule has 102 valence electrons. The molecule has 0 bridgehead atoms. The predicted molar refractivity (Wildman–Crippen MR) is 66.9 cm³/mol. The standard InChI is InChI=1S/C13H14F3N3/c1-7(2)17-13-18-8(3)6-19(13)11-5-9(14)4-10(15)12(11)16/h4-7H,1-3H3,(H,17,18). The van der Waals surface area contributed by atoms with Crippen LogP contribution in [0.4, 0.5) is 19.1 Å². The summed E-state index contributed by atoms with van der Waals surface area (Å²) in [5.41, 5.74) is 0.411. The molecule has 0 saturated carbocycles. The van der Waals surface area contributed by atoms with Gasteiger partial charge in [0.25, 0.3) is 0 Å². The van der Waals surface area contributed by atoms with Crippen molar-refractivity contribution in [1.82, 2.24) is 9.55 Å². The molecule has 6 heteroatoms. The number of aryl methyl sites for hydroxylation is 1. The molecule has 0 fully saturated rings. The summed E-state index contributed by atoms with van der Waals surface area (Å²) in [5.74, 6) is -2.82. The zero-order chi connectivity index (χ0) is 14.2. The minimum Gasteiger partial charge on any atom is -0.353 e. The third-order valence-electron chi connectivity index (χ3n) is 2.48. The first kappa shape index (κ1) is 13.5. The molecule has 0 unspecified atom stereocenters. The average molecular weight is 269 g/mol. The summed E-state index contributed by atoms with van der Waals surface area (Å²) in [6.45, 7) is 5.49. The van der Waals surface area contributed by atoms with Gasteiger partial charge >= 0.3 is 0 Å². The van der Waals surface area contributed by atoms with E-state index in [0.717, 1.165) is 6.07 Å². The molecular weight excluding hydrogens is 255 g/mol. The lowest BCUT2D eigenvalue weighted by Crippen LogP contribution is -2.14. The van der Waals surface area contributed by atoms with E-state index in [0.29, 0.717) is 17.7 Å². The van der Waals surface area contributed by atoms with Gasteiger partial charge in [0.2, 0.25) is 5.95 Å². The van der Waals surface area contributed by atoms with Gasteiger partial charge in [0, 0.05) is 24.4 Å². The summed E-state index contributed by atoms with van der Waals surface area (Å²) in [5, 5.41) is 3.00. The molecule has 0 atom stereocenters. The van der Waals surface area contributed by atoms with E-state index in [1.807, 2.05) is 13.8 Å². The Labute approximate surface area is 109 Å². The molecule has 0 spiro atoms. The predicted octanol–water partition coefficient (Wildman–Crippen LogP) is 3.42. The molecule has 0 amide bonds. The minimum absolute atomic E-state index is 0.0574. The van der Waals surface area contributed by atoms with Crippen molar-refractivity contribution in [1.29, 1.82) is 0 Å². The summed E-state index contributed by atoms with van der Waals surface area (Å²) in [7, 11) is 0. The Morgan fingerprint density at radius 2 is 1.89 bits per heavy atom. The van der Waals surface area contributed by atoms with Gasteiger partial charge in [0.05, 0.1) is 11.4 Å². The maximum absolute atomic E-state index is 13.8. The normalized spacial score (nSPS) is 11.1. The van der Waals surface area contributed by atoms with Crippen LogP contribution in [0.3, 0.4) is 0 Å². The number of nitrogens with zero attached hydrogens (tertiary/aromatic N) is 2. The van der Waals surface area contributed by atoms with E-state index >= 15 is 0 Å². The first-order valence-electron chi connectivity index (χ1n) is 5.86. The molecule has 19 heavy (non-hydrogen) atoms. The molecule has 1 heterocycles. The molecule has 3 nitrogen and oxygen atoms in total. The van der Waals surface area contributed by atoms with Gasteiger partial charge in [-0.2, -0.15) is 0 Å². The smallest absolute Gasteiger partial charge is 0.208 e. The molecule has 0 aliphatic rings. The van der Waals surface area contributed by atoms with Gasteiger partial charge in [-0.1, -0.05) is 0 Å². The van der Waals surface area contributed by atoms with Crippen LogP contribution in [0.1, 0.15) is 19.5 Å². The number of nitrogens with one attached hydrogen (secondary N) is 1. The van der Waals surface area contributed by atoms with E-state index in [-0.39, 0.29) is 11.7 Å². The molecule has 1 N–H and O–H groups in total. The van der Waals surface area contributed by atoms with Gasteiger partial charge in [0.1, 0.15) is 5.82 Å². The first-order chi connectivity index (χ1) is 8.88.